The van der Waals surface area contributed by atoms with Crippen molar-refractivity contribution in [1.29, 1.82) is 0 Å². The molecule has 0 spiro atoms. The van der Waals surface area contributed by atoms with E-state index in [0.717, 1.165) is 0 Å². The maximum absolute atomic E-state index is 12.3. The highest BCUT2D eigenvalue weighted by Gasteiger charge is 2.19. The van der Waals surface area contributed by atoms with Gasteiger partial charge in [0.15, 0.2) is 0 Å². The van der Waals surface area contributed by atoms with Crippen LogP contribution in [0.1, 0.15) is 41.6 Å². The highest BCUT2D eigenvalue weighted by Crippen LogP contribution is 2.23. The Balaban J connectivity index is 2.10. The molecule has 22 heavy (non-hydrogen) atoms. The predicted molar refractivity (Wildman–Crippen MR) is 88.1 cm³/mol. The SMILES string of the molecule is Cc1ncc(Cl)c(C(=O)NCC(c2ccccc2)C(C)C)n1. The number of nitrogens with one attached hydrogen (secondary N) is 1. The maximum Gasteiger partial charge on any atom is 0.271 e. The van der Waals surface area contributed by atoms with Crippen molar-refractivity contribution < 1.29 is 4.79 Å². The highest BCUT2D eigenvalue weighted by molar-refractivity contribution is 6.33. The number of hydrogen-bond donors (Lipinski definition) is 1. The summed E-state index contributed by atoms with van der Waals surface area (Å²) in [6.07, 6.45) is 1.45. The summed E-state index contributed by atoms with van der Waals surface area (Å²) >= 11 is 6.00. The Morgan fingerprint density at radius 1 is 1.27 bits per heavy atom. The molecular formula is C17H20ClN3O. The first-order chi connectivity index (χ1) is 10.5. The van der Waals surface area contributed by atoms with Gasteiger partial charge in [0.25, 0.3) is 5.91 Å². The molecule has 1 heterocycles. The first-order valence-corrected chi connectivity index (χ1v) is 7.69. The largest absolute Gasteiger partial charge is 0.350 e. The second-order valence-corrected chi connectivity index (χ2v) is 5.99. The molecule has 1 aromatic carbocycles. The summed E-state index contributed by atoms with van der Waals surface area (Å²) in [5.74, 6) is 0.910. The van der Waals surface area contributed by atoms with E-state index in [1.165, 1.54) is 11.8 Å². The van der Waals surface area contributed by atoms with E-state index in [1.807, 2.05) is 18.2 Å². The number of halogens is 1. The highest BCUT2D eigenvalue weighted by atomic mass is 35.5. The molecule has 1 unspecified atom stereocenters. The smallest absolute Gasteiger partial charge is 0.271 e. The van der Waals surface area contributed by atoms with Crippen LogP contribution < -0.4 is 5.32 Å². The van der Waals surface area contributed by atoms with Gasteiger partial charge in [0.1, 0.15) is 11.5 Å². The molecule has 0 aliphatic rings. The zero-order valence-electron chi connectivity index (χ0n) is 13.0. The number of aromatic nitrogens is 2. The molecule has 0 aliphatic heterocycles. The Morgan fingerprint density at radius 2 is 1.95 bits per heavy atom. The lowest BCUT2D eigenvalue weighted by Gasteiger charge is -2.22. The van der Waals surface area contributed by atoms with Gasteiger partial charge in [0.2, 0.25) is 0 Å². The number of carbonyl (C=O) groups excluding carboxylic acids is 1. The van der Waals surface area contributed by atoms with Gasteiger partial charge in [-0.25, -0.2) is 9.97 Å². The van der Waals surface area contributed by atoms with E-state index in [-0.39, 0.29) is 22.5 Å². The van der Waals surface area contributed by atoms with Crippen LogP contribution in [0.25, 0.3) is 0 Å². The monoisotopic (exact) mass is 317 g/mol. The molecule has 5 heteroatoms. The summed E-state index contributed by atoms with van der Waals surface area (Å²) in [5, 5.41) is 3.20. The fourth-order valence-corrected chi connectivity index (χ4v) is 2.52. The summed E-state index contributed by atoms with van der Waals surface area (Å²) in [6, 6.07) is 10.2. The maximum atomic E-state index is 12.3. The van der Waals surface area contributed by atoms with Crippen LogP contribution in [-0.4, -0.2) is 22.4 Å². The van der Waals surface area contributed by atoms with Crippen LogP contribution in [0.15, 0.2) is 36.5 Å². The quantitative estimate of drug-likeness (QED) is 0.916. The van der Waals surface area contributed by atoms with Crippen LogP contribution in [0.4, 0.5) is 0 Å². The van der Waals surface area contributed by atoms with Crippen molar-refractivity contribution in [1.82, 2.24) is 15.3 Å². The lowest BCUT2D eigenvalue weighted by Crippen LogP contribution is -2.31. The predicted octanol–water partition coefficient (Wildman–Crippen LogP) is 3.61. The van der Waals surface area contributed by atoms with Gasteiger partial charge in [-0.3, -0.25) is 4.79 Å². The minimum absolute atomic E-state index is 0.227. The van der Waals surface area contributed by atoms with Crippen molar-refractivity contribution in [2.24, 2.45) is 5.92 Å². The molecule has 4 nitrogen and oxygen atoms in total. The molecular weight excluding hydrogens is 298 g/mol. The van der Waals surface area contributed by atoms with Crippen molar-refractivity contribution in [3.05, 3.63) is 58.6 Å². The molecule has 1 aromatic heterocycles. The molecule has 0 fully saturated rings. The summed E-state index contributed by atoms with van der Waals surface area (Å²) in [6.45, 7) is 6.56. The Hall–Kier alpha value is -1.94. The van der Waals surface area contributed by atoms with E-state index in [9.17, 15) is 4.79 Å². The molecule has 0 radical (unpaired) electrons. The molecule has 116 valence electrons. The Labute approximate surface area is 135 Å². The van der Waals surface area contributed by atoms with Crippen molar-refractivity contribution in [3.8, 4) is 0 Å². The van der Waals surface area contributed by atoms with Crippen LogP contribution in [0.2, 0.25) is 5.02 Å². The second-order valence-electron chi connectivity index (χ2n) is 5.58. The molecule has 2 aromatic rings. The summed E-state index contributed by atoms with van der Waals surface area (Å²) in [5.41, 5.74) is 1.44. The van der Waals surface area contributed by atoms with Gasteiger partial charge in [-0.2, -0.15) is 0 Å². The number of amides is 1. The van der Waals surface area contributed by atoms with E-state index in [1.54, 1.807) is 6.92 Å². The molecule has 0 aliphatic carbocycles. The van der Waals surface area contributed by atoms with Crippen molar-refractivity contribution in [2.75, 3.05) is 6.54 Å². The van der Waals surface area contributed by atoms with Gasteiger partial charge in [-0.1, -0.05) is 55.8 Å². The summed E-state index contributed by atoms with van der Waals surface area (Å²) in [7, 11) is 0. The Morgan fingerprint density at radius 3 is 2.59 bits per heavy atom. The van der Waals surface area contributed by atoms with Crippen LogP contribution in [0.5, 0.6) is 0 Å². The Bertz CT molecular complexity index is 644. The number of hydrogen-bond acceptors (Lipinski definition) is 3. The van der Waals surface area contributed by atoms with Crippen LogP contribution in [0, 0.1) is 12.8 Å². The zero-order chi connectivity index (χ0) is 16.1. The summed E-state index contributed by atoms with van der Waals surface area (Å²) < 4.78 is 0. The first-order valence-electron chi connectivity index (χ1n) is 7.31. The lowest BCUT2D eigenvalue weighted by molar-refractivity contribution is 0.0944. The average molecular weight is 318 g/mol. The van der Waals surface area contributed by atoms with Crippen LogP contribution >= 0.6 is 11.6 Å². The van der Waals surface area contributed by atoms with Crippen molar-refractivity contribution in [2.45, 2.75) is 26.7 Å². The van der Waals surface area contributed by atoms with Gasteiger partial charge in [0, 0.05) is 12.5 Å². The van der Waals surface area contributed by atoms with Crippen LogP contribution in [0.3, 0.4) is 0 Å². The second kappa shape index (κ2) is 7.36. The topological polar surface area (TPSA) is 54.9 Å². The average Bonchev–Trinajstić information content (AvgIpc) is 2.50. The van der Waals surface area contributed by atoms with E-state index >= 15 is 0 Å². The fourth-order valence-electron chi connectivity index (χ4n) is 2.34. The number of aryl methyl sites for hydroxylation is 1. The van der Waals surface area contributed by atoms with E-state index in [2.05, 4.69) is 41.3 Å². The Kier molecular flexibility index (Phi) is 5.50. The van der Waals surface area contributed by atoms with Gasteiger partial charge in [-0.05, 0) is 18.4 Å². The van der Waals surface area contributed by atoms with Gasteiger partial charge in [-0.15, -0.1) is 0 Å². The standard InChI is InChI=1S/C17H20ClN3O/c1-11(2)14(13-7-5-4-6-8-13)9-20-17(22)16-15(18)10-19-12(3)21-16/h4-8,10-11,14H,9H2,1-3H3,(H,20,22). The van der Waals surface area contributed by atoms with E-state index in [0.29, 0.717) is 18.3 Å². The van der Waals surface area contributed by atoms with Gasteiger partial charge >= 0.3 is 0 Å². The number of benzene rings is 1. The molecule has 1 amide bonds. The first kappa shape index (κ1) is 16.4. The van der Waals surface area contributed by atoms with Crippen molar-refractivity contribution in [3.63, 3.8) is 0 Å². The summed E-state index contributed by atoms with van der Waals surface area (Å²) in [4.78, 5) is 20.4. The molecule has 0 bridgehead atoms. The molecule has 0 saturated heterocycles. The van der Waals surface area contributed by atoms with Gasteiger partial charge in [0.05, 0.1) is 11.2 Å². The minimum Gasteiger partial charge on any atom is -0.350 e. The molecule has 1 N–H and O–H groups in total. The third-order valence-electron chi connectivity index (χ3n) is 3.59. The van der Waals surface area contributed by atoms with E-state index in [4.69, 9.17) is 11.6 Å². The molecule has 0 saturated carbocycles. The molecule has 2 rings (SSSR count). The number of nitrogens with zero attached hydrogens (tertiary/aromatic N) is 2. The fraction of sp³-hybridized carbons (Fsp3) is 0.353. The van der Waals surface area contributed by atoms with E-state index < -0.39 is 0 Å². The van der Waals surface area contributed by atoms with Gasteiger partial charge < -0.3 is 5.32 Å². The van der Waals surface area contributed by atoms with Crippen LogP contribution in [-0.2, 0) is 0 Å². The minimum atomic E-state index is -0.267. The third-order valence-corrected chi connectivity index (χ3v) is 3.87. The number of rotatable bonds is 5. The lowest BCUT2D eigenvalue weighted by atomic mass is 9.88. The number of carbonyl (C=O) groups is 1. The van der Waals surface area contributed by atoms with Crippen molar-refractivity contribution >= 4 is 17.5 Å². The molecule has 1 atom stereocenters. The third kappa shape index (κ3) is 4.04. The zero-order valence-corrected chi connectivity index (χ0v) is 13.8. The normalized spacial score (nSPS) is 12.2.